The molecule has 3 nitrogen and oxygen atoms in total. The van der Waals surface area contributed by atoms with Gasteiger partial charge in [0, 0.05) is 11.4 Å². The molecule has 0 aliphatic heterocycles. The number of hydrogen-bond acceptors (Lipinski definition) is 3. The molecule has 0 spiro atoms. The minimum atomic E-state index is -1.19. The van der Waals surface area contributed by atoms with Gasteiger partial charge in [-0.1, -0.05) is 13.0 Å². The lowest BCUT2D eigenvalue weighted by Gasteiger charge is -2.27. The Kier molecular flexibility index (Phi) is 4.91. The van der Waals surface area contributed by atoms with Crippen molar-refractivity contribution in [3.63, 3.8) is 0 Å². The molecule has 0 aliphatic rings. The van der Waals surface area contributed by atoms with E-state index in [1.54, 1.807) is 12.1 Å². The summed E-state index contributed by atoms with van der Waals surface area (Å²) in [5, 5.41) is 0. The monoisotopic (exact) mass is 258 g/mol. The molecule has 17 heavy (non-hydrogen) atoms. The molecule has 1 N–H and O–H groups in total. The van der Waals surface area contributed by atoms with Crippen LogP contribution in [0.15, 0.2) is 18.2 Å². The van der Waals surface area contributed by atoms with Crippen molar-refractivity contribution in [1.82, 2.24) is 9.71 Å². The number of hydrogen-bond donors (Lipinski definition) is 1. The molecule has 0 fully saturated rings. The van der Waals surface area contributed by atoms with E-state index in [-0.39, 0.29) is 10.8 Å². The topological polar surface area (TPSA) is 48.0 Å². The number of nitrogens with one attached hydrogen (secondary N) is 1. The van der Waals surface area contributed by atoms with Crippen LogP contribution in [0.4, 0.5) is 4.39 Å². The maximum atomic E-state index is 13.0. The quantitative estimate of drug-likeness (QED) is 0.667. The Labute approximate surface area is 105 Å². The third-order valence-corrected chi connectivity index (χ3v) is 3.92. The summed E-state index contributed by atoms with van der Waals surface area (Å²) in [6.45, 7) is 7.62. The van der Waals surface area contributed by atoms with Crippen LogP contribution in [0.3, 0.4) is 0 Å². The van der Waals surface area contributed by atoms with Crippen LogP contribution in [0.1, 0.15) is 45.9 Å². The summed E-state index contributed by atoms with van der Waals surface area (Å²) >= 11 is -1.19. The van der Waals surface area contributed by atoms with Crippen molar-refractivity contribution < 1.29 is 8.94 Å². The van der Waals surface area contributed by atoms with Crippen molar-refractivity contribution in [2.45, 2.75) is 44.9 Å². The zero-order valence-electron chi connectivity index (χ0n) is 10.7. The molecule has 0 radical (unpaired) electrons. The van der Waals surface area contributed by atoms with E-state index in [1.807, 2.05) is 27.7 Å². The van der Waals surface area contributed by atoms with E-state index < -0.39 is 17.3 Å². The van der Waals surface area contributed by atoms with Gasteiger partial charge in [0.1, 0.15) is 4.75 Å². The van der Waals surface area contributed by atoms with E-state index in [2.05, 4.69) is 9.71 Å². The first-order valence-corrected chi connectivity index (χ1v) is 6.80. The second-order valence-corrected chi connectivity index (χ2v) is 6.84. The fourth-order valence-corrected chi connectivity index (χ4v) is 2.18. The van der Waals surface area contributed by atoms with Gasteiger partial charge in [-0.3, -0.25) is 0 Å². The molecular weight excluding hydrogens is 239 g/mol. The fraction of sp³-hybridized carbons (Fsp3) is 0.583. The van der Waals surface area contributed by atoms with Crippen LogP contribution in [-0.2, 0) is 11.4 Å². The molecule has 2 atom stereocenters. The van der Waals surface area contributed by atoms with Crippen LogP contribution in [-0.4, -0.2) is 14.3 Å². The zero-order valence-corrected chi connectivity index (χ0v) is 11.5. The van der Waals surface area contributed by atoms with Gasteiger partial charge in [-0.15, -0.1) is 4.72 Å². The highest BCUT2D eigenvalue weighted by Crippen LogP contribution is 2.21. The SMILES string of the molecule is CCC(N[S+]([O-])C(C)(C)C)c1cccc(F)n1. The number of aromatic nitrogens is 1. The van der Waals surface area contributed by atoms with Gasteiger partial charge in [0.05, 0.1) is 11.7 Å². The van der Waals surface area contributed by atoms with Crippen LogP contribution in [0.2, 0.25) is 0 Å². The first kappa shape index (κ1) is 14.4. The number of pyridine rings is 1. The molecule has 1 rings (SSSR count). The normalized spacial score (nSPS) is 15.6. The van der Waals surface area contributed by atoms with Gasteiger partial charge in [-0.05, 0) is 39.3 Å². The highest BCUT2D eigenvalue weighted by atomic mass is 32.2. The Morgan fingerprint density at radius 3 is 2.59 bits per heavy atom. The molecule has 0 saturated carbocycles. The molecule has 5 heteroatoms. The zero-order chi connectivity index (χ0) is 13.1. The van der Waals surface area contributed by atoms with E-state index in [1.165, 1.54) is 6.07 Å². The largest absolute Gasteiger partial charge is 0.598 e. The van der Waals surface area contributed by atoms with E-state index in [0.29, 0.717) is 12.1 Å². The van der Waals surface area contributed by atoms with Gasteiger partial charge in [-0.25, -0.2) is 4.98 Å². The number of rotatable bonds is 4. The highest BCUT2D eigenvalue weighted by Gasteiger charge is 2.29. The molecule has 0 amide bonds. The summed E-state index contributed by atoms with van der Waals surface area (Å²) in [5.74, 6) is -0.510. The predicted molar refractivity (Wildman–Crippen MR) is 68.3 cm³/mol. The van der Waals surface area contributed by atoms with Crippen LogP contribution >= 0.6 is 0 Å². The summed E-state index contributed by atoms with van der Waals surface area (Å²) in [6, 6.07) is 4.47. The van der Waals surface area contributed by atoms with Gasteiger partial charge in [0.25, 0.3) is 0 Å². The molecule has 0 aromatic carbocycles. The van der Waals surface area contributed by atoms with Gasteiger partial charge in [0.15, 0.2) is 0 Å². The minimum Gasteiger partial charge on any atom is -0.598 e. The minimum absolute atomic E-state index is 0.189. The standard InChI is InChI=1S/C12H19FN2OS/c1-5-9(15-17(16)12(2,3)4)10-7-6-8-11(13)14-10/h6-9,15H,5H2,1-4H3. The molecular formula is C12H19FN2OS. The van der Waals surface area contributed by atoms with Crippen LogP contribution in [0, 0.1) is 5.95 Å². The second kappa shape index (κ2) is 5.80. The lowest BCUT2D eigenvalue weighted by molar-refractivity contribution is 0.506. The van der Waals surface area contributed by atoms with Crippen LogP contribution in [0.5, 0.6) is 0 Å². The summed E-state index contributed by atoms with van der Waals surface area (Å²) in [4.78, 5) is 3.82. The summed E-state index contributed by atoms with van der Waals surface area (Å²) in [7, 11) is 0. The predicted octanol–water partition coefficient (Wildman–Crippen LogP) is 2.72. The molecule has 1 aromatic heterocycles. The first-order chi connectivity index (χ1) is 7.84. The molecule has 96 valence electrons. The van der Waals surface area contributed by atoms with E-state index in [9.17, 15) is 8.94 Å². The van der Waals surface area contributed by atoms with E-state index in [4.69, 9.17) is 0 Å². The van der Waals surface area contributed by atoms with Crippen molar-refractivity contribution in [2.24, 2.45) is 0 Å². The summed E-state index contributed by atoms with van der Waals surface area (Å²) in [6.07, 6.45) is 0.707. The molecule has 2 unspecified atom stereocenters. The maximum Gasteiger partial charge on any atom is 0.213 e. The summed E-state index contributed by atoms with van der Waals surface area (Å²) < 4.78 is 27.6. The average Bonchev–Trinajstić information content (AvgIpc) is 2.24. The lowest BCUT2D eigenvalue weighted by Crippen LogP contribution is -2.41. The Bertz CT molecular complexity index is 368. The Morgan fingerprint density at radius 1 is 1.47 bits per heavy atom. The van der Waals surface area contributed by atoms with Crippen molar-refractivity contribution in [1.29, 1.82) is 0 Å². The highest BCUT2D eigenvalue weighted by molar-refractivity contribution is 7.90. The lowest BCUT2D eigenvalue weighted by atomic mass is 10.1. The number of halogens is 1. The van der Waals surface area contributed by atoms with Gasteiger partial charge in [-0.2, -0.15) is 4.39 Å². The van der Waals surface area contributed by atoms with E-state index >= 15 is 0 Å². The molecule has 0 aliphatic carbocycles. The Balaban J connectivity index is 2.79. The van der Waals surface area contributed by atoms with Gasteiger partial charge in [0.2, 0.25) is 5.95 Å². The first-order valence-electron chi connectivity index (χ1n) is 5.65. The van der Waals surface area contributed by atoms with Crippen LogP contribution < -0.4 is 4.72 Å². The number of nitrogens with zero attached hydrogens (tertiary/aromatic N) is 1. The maximum absolute atomic E-state index is 13.0. The van der Waals surface area contributed by atoms with Gasteiger partial charge < -0.3 is 4.55 Å². The Hall–Kier alpha value is -0.650. The van der Waals surface area contributed by atoms with Crippen molar-refractivity contribution >= 4 is 11.4 Å². The molecule has 1 aromatic rings. The Morgan fingerprint density at radius 2 is 2.12 bits per heavy atom. The molecule has 0 bridgehead atoms. The summed E-state index contributed by atoms with van der Waals surface area (Å²) in [5.41, 5.74) is 0.588. The fourth-order valence-electron chi connectivity index (χ4n) is 1.28. The van der Waals surface area contributed by atoms with Crippen LogP contribution in [0.25, 0.3) is 0 Å². The third kappa shape index (κ3) is 4.26. The molecule has 1 heterocycles. The van der Waals surface area contributed by atoms with Crippen molar-refractivity contribution in [2.75, 3.05) is 0 Å². The van der Waals surface area contributed by atoms with Crippen molar-refractivity contribution in [3.8, 4) is 0 Å². The average molecular weight is 258 g/mol. The third-order valence-electron chi connectivity index (χ3n) is 2.31. The molecule has 0 saturated heterocycles. The van der Waals surface area contributed by atoms with Crippen molar-refractivity contribution in [3.05, 3.63) is 29.8 Å². The van der Waals surface area contributed by atoms with Gasteiger partial charge >= 0.3 is 0 Å². The van der Waals surface area contributed by atoms with E-state index in [0.717, 1.165) is 0 Å². The second-order valence-electron chi connectivity index (χ2n) is 4.84. The smallest absolute Gasteiger partial charge is 0.213 e.